The summed E-state index contributed by atoms with van der Waals surface area (Å²) in [4.78, 5) is 12.5. The van der Waals surface area contributed by atoms with Gasteiger partial charge in [-0.05, 0) is 36.4 Å². The van der Waals surface area contributed by atoms with Gasteiger partial charge in [-0.3, -0.25) is 14.2 Å². The monoisotopic (exact) mass is 459 g/mol. The molecule has 30 heavy (non-hydrogen) atoms. The molecule has 0 heterocycles. The van der Waals surface area contributed by atoms with Crippen LogP contribution < -0.4 is 19.4 Å². The third kappa shape index (κ3) is 7.11. The van der Waals surface area contributed by atoms with E-state index in [-0.39, 0.29) is 34.1 Å². The molecule has 6 N–H and O–H groups in total. The Kier molecular flexibility index (Phi) is 6.82. The summed E-state index contributed by atoms with van der Waals surface area (Å²) < 4.78 is 54.6. The Morgan fingerprint density at radius 1 is 0.933 bits per heavy atom. The number of sulfonamides is 2. The lowest BCUT2D eigenvalue weighted by atomic mass is 10.1. The molecule has 0 atom stereocenters. The average Bonchev–Trinajstić information content (AvgIpc) is 2.56. The number of carbonyl (C=O) groups excluding carboxylic acids is 1. The second-order valence-electron chi connectivity index (χ2n) is 6.09. The smallest absolute Gasteiger partial charge is 0.510 e. The number of benzene rings is 2. The standard InChI is InChI=1S/C15H18BN3O9S2/c1-29(24,25)18-11-7-9(3-5-13(11)20)15(21)17-10-4-6-14(28-16(22)23)12(8-10)19-30(2,26)27/h3-8,18-20,22-23H,1-2H3,(H,17,21). The van der Waals surface area contributed by atoms with Gasteiger partial charge in [-0.25, -0.2) is 16.8 Å². The summed E-state index contributed by atoms with van der Waals surface area (Å²) in [6.07, 6.45) is 1.74. The fraction of sp³-hybridized carbons (Fsp3) is 0.133. The highest BCUT2D eigenvalue weighted by atomic mass is 32.2. The zero-order valence-electron chi connectivity index (χ0n) is 15.6. The van der Waals surface area contributed by atoms with Crippen molar-refractivity contribution in [3.63, 3.8) is 0 Å². The molecule has 0 aliphatic carbocycles. The van der Waals surface area contributed by atoms with Crippen molar-refractivity contribution in [2.45, 2.75) is 0 Å². The van der Waals surface area contributed by atoms with Crippen molar-refractivity contribution in [3.05, 3.63) is 42.0 Å². The van der Waals surface area contributed by atoms with Crippen molar-refractivity contribution < 1.29 is 41.4 Å². The van der Waals surface area contributed by atoms with Gasteiger partial charge in [-0.1, -0.05) is 0 Å². The highest BCUT2D eigenvalue weighted by Gasteiger charge is 2.18. The molecule has 2 aromatic rings. The van der Waals surface area contributed by atoms with E-state index >= 15 is 0 Å². The third-order valence-corrected chi connectivity index (χ3v) is 4.50. The van der Waals surface area contributed by atoms with Crippen molar-refractivity contribution in [1.82, 2.24) is 0 Å². The van der Waals surface area contributed by atoms with Crippen LogP contribution in [0.2, 0.25) is 0 Å². The summed E-state index contributed by atoms with van der Waals surface area (Å²) in [5.74, 6) is -1.30. The highest BCUT2D eigenvalue weighted by molar-refractivity contribution is 7.92. The molecule has 162 valence electrons. The second-order valence-corrected chi connectivity index (χ2v) is 9.59. The number of aromatic hydroxyl groups is 1. The molecule has 0 radical (unpaired) electrons. The Morgan fingerprint density at radius 3 is 2.10 bits per heavy atom. The van der Waals surface area contributed by atoms with E-state index < -0.39 is 33.3 Å². The van der Waals surface area contributed by atoms with Crippen LogP contribution in [-0.4, -0.2) is 57.7 Å². The maximum Gasteiger partial charge on any atom is 0.707 e. The number of hydrogen-bond acceptors (Lipinski definition) is 9. The Bertz CT molecular complexity index is 1170. The summed E-state index contributed by atoms with van der Waals surface area (Å²) in [6.45, 7) is 0. The SMILES string of the molecule is CS(=O)(=O)Nc1cc(C(=O)Nc2ccc(OB(O)O)c(NS(C)(=O)=O)c2)ccc1O. The van der Waals surface area contributed by atoms with E-state index in [4.69, 9.17) is 10.0 Å². The molecular weight excluding hydrogens is 441 g/mol. The molecule has 15 heteroatoms. The Hall–Kier alpha value is -3.01. The first kappa shape index (κ1) is 23.3. The molecular formula is C15H18BN3O9S2. The number of anilines is 3. The molecule has 2 aromatic carbocycles. The van der Waals surface area contributed by atoms with Gasteiger partial charge >= 0.3 is 7.32 Å². The van der Waals surface area contributed by atoms with Crippen LogP contribution in [0.25, 0.3) is 0 Å². The molecule has 0 unspecified atom stereocenters. The van der Waals surface area contributed by atoms with E-state index in [0.29, 0.717) is 0 Å². The van der Waals surface area contributed by atoms with Crippen LogP contribution >= 0.6 is 0 Å². The second kappa shape index (κ2) is 8.79. The topological polar surface area (TPSA) is 191 Å². The Morgan fingerprint density at radius 2 is 1.53 bits per heavy atom. The predicted molar refractivity (Wildman–Crippen MR) is 110 cm³/mol. The maximum absolute atomic E-state index is 12.5. The van der Waals surface area contributed by atoms with E-state index in [9.17, 15) is 26.7 Å². The van der Waals surface area contributed by atoms with E-state index in [1.807, 2.05) is 0 Å². The van der Waals surface area contributed by atoms with Gasteiger partial charge in [0.25, 0.3) is 5.91 Å². The van der Waals surface area contributed by atoms with Crippen molar-refractivity contribution in [1.29, 1.82) is 0 Å². The fourth-order valence-electron chi connectivity index (χ4n) is 2.27. The lowest BCUT2D eigenvalue weighted by molar-refractivity contribution is 0.102. The first-order valence-corrected chi connectivity index (χ1v) is 11.8. The molecule has 12 nitrogen and oxygen atoms in total. The normalized spacial score (nSPS) is 11.5. The Labute approximate surface area is 172 Å². The van der Waals surface area contributed by atoms with Gasteiger partial charge in [0.05, 0.1) is 23.9 Å². The van der Waals surface area contributed by atoms with E-state index in [0.717, 1.165) is 24.6 Å². The van der Waals surface area contributed by atoms with Crippen molar-refractivity contribution >= 4 is 50.3 Å². The molecule has 0 aliphatic rings. The molecule has 0 bridgehead atoms. The van der Waals surface area contributed by atoms with Crippen LogP contribution in [0.5, 0.6) is 11.5 Å². The first-order chi connectivity index (χ1) is 13.7. The molecule has 0 saturated carbocycles. The minimum absolute atomic E-state index is 0.0114. The summed E-state index contributed by atoms with van der Waals surface area (Å²) in [5, 5.41) is 30.1. The zero-order valence-corrected chi connectivity index (χ0v) is 17.3. The summed E-state index contributed by atoms with van der Waals surface area (Å²) >= 11 is 0. The van der Waals surface area contributed by atoms with Crippen LogP contribution in [0.4, 0.5) is 17.1 Å². The minimum Gasteiger partial charge on any atom is -0.510 e. The van der Waals surface area contributed by atoms with Gasteiger partial charge in [0.2, 0.25) is 20.0 Å². The van der Waals surface area contributed by atoms with Crippen molar-refractivity contribution in [3.8, 4) is 11.5 Å². The largest absolute Gasteiger partial charge is 0.707 e. The first-order valence-electron chi connectivity index (χ1n) is 8.00. The summed E-state index contributed by atoms with van der Waals surface area (Å²) in [6, 6.07) is 7.15. The number of phenols is 1. The Balaban J connectivity index is 2.32. The van der Waals surface area contributed by atoms with Crippen LogP contribution in [0, 0.1) is 0 Å². The van der Waals surface area contributed by atoms with Crippen molar-refractivity contribution in [2.24, 2.45) is 0 Å². The number of rotatable bonds is 8. The van der Waals surface area contributed by atoms with E-state index in [1.54, 1.807) is 0 Å². The van der Waals surface area contributed by atoms with E-state index in [2.05, 4.69) is 19.4 Å². The van der Waals surface area contributed by atoms with Gasteiger partial charge in [-0.15, -0.1) is 0 Å². The fourth-order valence-corrected chi connectivity index (χ4v) is 3.39. The molecule has 0 aromatic heterocycles. The molecule has 2 rings (SSSR count). The summed E-state index contributed by atoms with van der Waals surface area (Å²) in [5.41, 5.74) is -0.280. The third-order valence-electron chi connectivity index (χ3n) is 3.32. The predicted octanol–water partition coefficient (Wildman–Crippen LogP) is -0.264. The average molecular weight is 459 g/mol. The van der Waals surface area contributed by atoms with Crippen LogP contribution in [0.15, 0.2) is 36.4 Å². The van der Waals surface area contributed by atoms with Gasteiger partial charge in [-0.2, -0.15) is 0 Å². The molecule has 0 saturated heterocycles. The minimum atomic E-state index is -3.76. The van der Waals surface area contributed by atoms with Crippen molar-refractivity contribution in [2.75, 3.05) is 27.3 Å². The maximum atomic E-state index is 12.5. The quantitative estimate of drug-likeness (QED) is 0.228. The lowest BCUT2D eigenvalue weighted by Gasteiger charge is -2.14. The molecule has 0 aliphatic heterocycles. The van der Waals surface area contributed by atoms with Gasteiger partial charge < -0.3 is 25.1 Å². The highest BCUT2D eigenvalue weighted by Crippen LogP contribution is 2.30. The van der Waals surface area contributed by atoms with Crippen LogP contribution in [0.1, 0.15) is 10.4 Å². The number of amides is 1. The number of hydrogen-bond donors (Lipinski definition) is 6. The number of carbonyl (C=O) groups is 1. The van der Waals surface area contributed by atoms with E-state index in [1.165, 1.54) is 24.3 Å². The zero-order chi connectivity index (χ0) is 22.7. The van der Waals surface area contributed by atoms with Gasteiger partial charge in [0.15, 0.2) is 0 Å². The lowest BCUT2D eigenvalue weighted by Crippen LogP contribution is -2.22. The molecule has 0 spiro atoms. The van der Waals surface area contributed by atoms with Crippen LogP contribution in [-0.2, 0) is 20.0 Å². The molecule has 0 fully saturated rings. The van der Waals surface area contributed by atoms with Crippen LogP contribution in [0.3, 0.4) is 0 Å². The summed E-state index contributed by atoms with van der Waals surface area (Å²) in [7, 11) is -9.67. The molecule has 1 amide bonds. The number of phenolic OH excluding ortho intramolecular Hbond substituents is 1. The number of nitrogens with one attached hydrogen (secondary N) is 3. The van der Waals surface area contributed by atoms with Gasteiger partial charge in [0.1, 0.15) is 11.5 Å². The van der Waals surface area contributed by atoms with Gasteiger partial charge in [0, 0.05) is 11.3 Å².